The van der Waals surface area contributed by atoms with Crippen molar-refractivity contribution in [1.29, 1.82) is 0 Å². The first-order valence-electron chi connectivity index (χ1n) is 13.2. The lowest BCUT2D eigenvalue weighted by atomic mass is 9.89. The lowest BCUT2D eigenvalue weighted by Crippen LogP contribution is -2.55. The zero-order chi connectivity index (χ0) is 27.6. The first-order chi connectivity index (χ1) is 18.7. The molecule has 4 aliphatic rings. The van der Waals surface area contributed by atoms with E-state index in [0.29, 0.717) is 52.7 Å². The predicted octanol–water partition coefficient (Wildman–Crippen LogP) is 4.97. The summed E-state index contributed by atoms with van der Waals surface area (Å²) in [5.41, 5.74) is -1.04. The van der Waals surface area contributed by atoms with Gasteiger partial charge in [-0.15, -0.1) is 0 Å². The van der Waals surface area contributed by atoms with E-state index in [2.05, 4.69) is 6.92 Å². The summed E-state index contributed by atoms with van der Waals surface area (Å²) in [6.45, 7) is 3.32. The van der Waals surface area contributed by atoms with E-state index >= 15 is 4.21 Å². The number of morpholine rings is 1. The van der Waals surface area contributed by atoms with Crippen LogP contribution in [0.5, 0.6) is 0 Å². The molecule has 0 spiro atoms. The number of fused-ring (bicyclic) bond motifs is 3. The van der Waals surface area contributed by atoms with Gasteiger partial charge in [-0.3, -0.25) is 0 Å². The van der Waals surface area contributed by atoms with Crippen LogP contribution in [0.4, 0.5) is 13.6 Å². The summed E-state index contributed by atoms with van der Waals surface area (Å²) in [5.74, 6) is -1.46. The van der Waals surface area contributed by atoms with Crippen LogP contribution in [-0.2, 0) is 23.9 Å². The Morgan fingerprint density at radius 2 is 1.79 bits per heavy atom. The topological polar surface area (TPSA) is 68.3 Å². The number of carbonyl (C=O) groups is 1. The van der Waals surface area contributed by atoms with E-state index in [0.717, 1.165) is 12.5 Å². The van der Waals surface area contributed by atoms with E-state index in [-0.39, 0.29) is 18.8 Å². The van der Waals surface area contributed by atoms with Gasteiger partial charge in [0.2, 0.25) is 0 Å². The van der Waals surface area contributed by atoms with Gasteiger partial charge in [0.05, 0.1) is 45.5 Å². The maximum atomic E-state index is 15.1. The Morgan fingerprint density at radius 1 is 1.13 bits per heavy atom. The van der Waals surface area contributed by atoms with Crippen LogP contribution < -0.4 is 0 Å². The maximum absolute atomic E-state index is 15.1. The van der Waals surface area contributed by atoms with E-state index in [9.17, 15) is 13.6 Å². The fourth-order valence-electron chi connectivity index (χ4n) is 6.39. The number of methoxy groups -OCH3 is 1. The van der Waals surface area contributed by atoms with Crippen LogP contribution in [0.3, 0.4) is 0 Å². The number of halogens is 3. The van der Waals surface area contributed by atoms with E-state index in [1.807, 2.05) is 0 Å². The Morgan fingerprint density at radius 3 is 2.41 bits per heavy atom. The highest BCUT2D eigenvalue weighted by molar-refractivity contribution is 8.01. The molecule has 3 aliphatic heterocycles. The van der Waals surface area contributed by atoms with E-state index in [1.54, 1.807) is 40.6 Å². The summed E-state index contributed by atoms with van der Waals surface area (Å²) in [7, 11) is -1.39. The molecule has 3 fully saturated rings. The van der Waals surface area contributed by atoms with Gasteiger partial charge in [0.1, 0.15) is 11.6 Å². The van der Waals surface area contributed by atoms with Crippen LogP contribution in [0.25, 0.3) is 0 Å². The molecule has 2 saturated heterocycles. The number of ether oxygens (including phenoxy) is 3. The average Bonchev–Trinajstić information content (AvgIpc) is 3.63. The highest BCUT2D eigenvalue weighted by Gasteiger charge is 2.72. The molecule has 0 bridgehead atoms. The van der Waals surface area contributed by atoms with Gasteiger partial charge in [0, 0.05) is 42.6 Å². The molecule has 1 saturated carbocycles. The van der Waals surface area contributed by atoms with Crippen LogP contribution in [0.15, 0.2) is 47.4 Å². The lowest BCUT2D eigenvalue weighted by molar-refractivity contribution is -0.0739. The molecule has 4 atom stereocenters. The van der Waals surface area contributed by atoms with Crippen LogP contribution in [-0.4, -0.2) is 75.0 Å². The van der Waals surface area contributed by atoms with Gasteiger partial charge in [0.15, 0.2) is 5.60 Å². The van der Waals surface area contributed by atoms with Gasteiger partial charge in [-0.1, -0.05) is 18.5 Å². The quantitative estimate of drug-likeness (QED) is 0.467. The molecule has 1 aliphatic carbocycles. The fourth-order valence-corrected chi connectivity index (χ4v) is 9.99. The molecule has 6 rings (SSSR count). The van der Waals surface area contributed by atoms with Gasteiger partial charge >= 0.3 is 6.09 Å². The number of rotatable bonds is 5. The molecule has 0 N–H and O–H groups in total. The number of amides is 1. The molecule has 0 radical (unpaired) electrons. The summed E-state index contributed by atoms with van der Waals surface area (Å²) >= 11 is 6.13. The van der Waals surface area contributed by atoms with Crippen molar-refractivity contribution in [3.05, 3.63) is 64.7 Å². The number of hydrogen-bond donors (Lipinski definition) is 0. The Balaban J connectivity index is 1.37. The molecule has 3 heterocycles. The van der Waals surface area contributed by atoms with Crippen LogP contribution >= 0.6 is 11.6 Å². The van der Waals surface area contributed by atoms with E-state index in [1.165, 1.54) is 12.1 Å². The van der Waals surface area contributed by atoms with Gasteiger partial charge < -0.3 is 19.1 Å². The number of hydrogen-bond acceptors (Lipinski definition) is 5. The minimum atomic E-state index is -3.09. The molecule has 2 aromatic rings. The number of nitrogens with zero attached hydrogens (tertiary/aromatic N) is 2. The third-order valence-corrected chi connectivity index (χ3v) is 12.2. The molecule has 1 amide bonds. The number of carbonyl (C=O) groups excluding carboxylic acids is 1. The van der Waals surface area contributed by atoms with Crippen molar-refractivity contribution in [2.75, 3.05) is 33.4 Å². The summed E-state index contributed by atoms with van der Waals surface area (Å²) < 4.78 is 63.3. The molecule has 0 aromatic heterocycles. The Hall–Kier alpha value is -2.24. The minimum Gasteiger partial charge on any atom is -0.435 e. The normalized spacial score (nSPS) is 31.5. The third-order valence-electron chi connectivity index (χ3n) is 8.79. The standard InChI is InChI=1S/C28H31ClF2N2O5S/c1-3-27(36-2)8-10-32(11-9-27)26(34)38-28-15-25(28)39(35,22-6-4-19(29)5-7-22)33-23(16-37-17-24(28)33)18-12-20(30)14-21(31)13-18/h4-7,12-14,23-24H,3,8-11,15-17H2,1-2H3/t23-,24+,28?,39?/m0/s1. The molecule has 39 heavy (non-hydrogen) atoms. The lowest BCUT2D eigenvalue weighted by Gasteiger charge is -2.43. The Labute approximate surface area is 232 Å². The van der Waals surface area contributed by atoms with Crippen LogP contribution in [0.1, 0.15) is 44.2 Å². The van der Waals surface area contributed by atoms with Crippen molar-refractivity contribution in [2.45, 2.75) is 60.8 Å². The van der Waals surface area contributed by atoms with Gasteiger partial charge in [0.25, 0.3) is 0 Å². The highest BCUT2D eigenvalue weighted by atomic mass is 35.5. The van der Waals surface area contributed by atoms with Crippen molar-refractivity contribution in [2.24, 2.45) is 0 Å². The van der Waals surface area contributed by atoms with Crippen LogP contribution in [0, 0.1) is 11.6 Å². The Kier molecular flexibility index (Phi) is 6.70. The third kappa shape index (κ3) is 4.26. The smallest absolute Gasteiger partial charge is 0.410 e. The maximum Gasteiger partial charge on any atom is 0.410 e. The second kappa shape index (κ2) is 9.69. The summed E-state index contributed by atoms with van der Waals surface area (Å²) in [4.78, 5) is 16.2. The highest BCUT2D eigenvalue weighted by Crippen LogP contribution is 2.56. The first-order valence-corrected chi connectivity index (χ1v) is 15.1. The molecule has 2 unspecified atom stereocenters. The van der Waals surface area contributed by atoms with Crippen molar-refractivity contribution in [3.8, 4) is 0 Å². The monoisotopic (exact) mass is 580 g/mol. The molecule has 11 heteroatoms. The molecule has 7 nitrogen and oxygen atoms in total. The first kappa shape index (κ1) is 27.0. The minimum absolute atomic E-state index is 0.0868. The van der Waals surface area contributed by atoms with Crippen molar-refractivity contribution in [1.82, 2.24) is 9.21 Å². The SMILES string of the molecule is CCC1(OC)CCN(C(=O)OC23CC2=S(=O)(c2ccc(Cl)cc2)N2[C@H](c4cc(F)cc(F)c4)COC[C@@H]23)CC1. The van der Waals surface area contributed by atoms with Gasteiger partial charge in [-0.05, 0) is 61.2 Å². The summed E-state index contributed by atoms with van der Waals surface area (Å²) in [6, 6.07) is 8.69. The summed E-state index contributed by atoms with van der Waals surface area (Å²) in [5, 5.41) is 0.491. The average molecular weight is 581 g/mol. The van der Waals surface area contributed by atoms with E-state index < -0.39 is 45.1 Å². The fraction of sp³-hybridized carbons (Fsp3) is 0.500. The van der Waals surface area contributed by atoms with Crippen molar-refractivity contribution < 1.29 is 32.0 Å². The summed E-state index contributed by atoms with van der Waals surface area (Å²) in [6.07, 6.45) is 2.12. The molecular weight excluding hydrogens is 550 g/mol. The zero-order valence-corrected chi connectivity index (χ0v) is 23.4. The largest absolute Gasteiger partial charge is 0.435 e. The molecule has 210 valence electrons. The van der Waals surface area contributed by atoms with Gasteiger partial charge in [-0.25, -0.2) is 22.1 Å². The number of piperidine rings is 1. The van der Waals surface area contributed by atoms with E-state index in [4.69, 9.17) is 25.8 Å². The van der Waals surface area contributed by atoms with Crippen molar-refractivity contribution in [3.63, 3.8) is 0 Å². The second-order valence-corrected chi connectivity index (χ2v) is 13.6. The van der Waals surface area contributed by atoms with Gasteiger partial charge in [-0.2, -0.15) is 0 Å². The number of benzene rings is 2. The van der Waals surface area contributed by atoms with Crippen LogP contribution in [0.2, 0.25) is 5.02 Å². The molecular formula is C28H31ClF2N2O5S. The second-order valence-electron chi connectivity index (χ2n) is 10.7. The Bertz CT molecular complexity index is 1400. The predicted molar refractivity (Wildman–Crippen MR) is 143 cm³/mol. The molecule has 2 aromatic carbocycles. The zero-order valence-electron chi connectivity index (χ0n) is 21.8. The number of likely N-dealkylation sites (tertiary alicyclic amines) is 1. The van der Waals surface area contributed by atoms with Crippen molar-refractivity contribution >= 4 is 32.3 Å².